The molecule has 1 aliphatic carbocycles. The minimum absolute atomic E-state index is 0.0908. The lowest BCUT2D eigenvalue weighted by atomic mass is 10.1. The van der Waals surface area contributed by atoms with Crippen LogP contribution in [0.5, 0.6) is 0 Å². The number of hydrogen-bond donors (Lipinski definition) is 1. The van der Waals surface area contributed by atoms with Crippen LogP contribution in [0.15, 0.2) is 42.5 Å². The molecule has 4 rings (SSSR count). The second-order valence-corrected chi connectivity index (χ2v) is 6.98. The third-order valence-corrected chi connectivity index (χ3v) is 5.15. The van der Waals surface area contributed by atoms with Crippen molar-refractivity contribution in [3.8, 4) is 11.3 Å². The Morgan fingerprint density at radius 1 is 1.17 bits per heavy atom. The molecule has 0 saturated heterocycles. The van der Waals surface area contributed by atoms with Crippen molar-refractivity contribution in [3.05, 3.63) is 69.6 Å². The van der Waals surface area contributed by atoms with E-state index in [1.165, 1.54) is 16.0 Å². The molecule has 1 aromatic heterocycles. The van der Waals surface area contributed by atoms with E-state index in [1.807, 2.05) is 38.1 Å². The number of carbonyl (C=O) groups excluding carboxylic acids is 1. The molecule has 2 aromatic carbocycles. The Balaban J connectivity index is 1.62. The molecule has 3 nitrogen and oxygen atoms in total. The van der Waals surface area contributed by atoms with E-state index < -0.39 is 0 Å². The largest absolute Gasteiger partial charge is 0.298 e. The van der Waals surface area contributed by atoms with Crippen LogP contribution in [0.3, 0.4) is 0 Å². The molecule has 1 N–H and O–H groups in total. The number of anilines is 1. The Labute approximate surface area is 139 Å². The number of benzene rings is 2. The van der Waals surface area contributed by atoms with Crippen molar-refractivity contribution < 1.29 is 4.79 Å². The lowest BCUT2D eigenvalue weighted by Gasteiger charge is -2.06. The van der Waals surface area contributed by atoms with Crippen molar-refractivity contribution >= 4 is 22.4 Å². The lowest BCUT2D eigenvalue weighted by Crippen LogP contribution is -2.13. The monoisotopic (exact) mass is 320 g/mol. The number of nitrogens with zero attached hydrogens (tertiary/aromatic N) is 1. The number of carbonyl (C=O) groups is 1. The molecule has 0 fully saturated rings. The number of nitrogens with one attached hydrogen (secondary N) is 1. The SMILES string of the molecule is Cc1ccc(C)c(C(=O)Nc2nc3c(s2)Cc2ccccc2-3)c1. The molecule has 0 spiro atoms. The zero-order chi connectivity index (χ0) is 16.0. The van der Waals surface area contributed by atoms with Gasteiger partial charge in [-0.05, 0) is 31.0 Å². The Kier molecular flexibility index (Phi) is 3.27. The summed E-state index contributed by atoms with van der Waals surface area (Å²) in [5.41, 5.74) is 6.28. The maximum absolute atomic E-state index is 12.5. The van der Waals surface area contributed by atoms with Gasteiger partial charge in [-0.25, -0.2) is 4.98 Å². The summed E-state index contributed by atoms with van der Waals surface area (Å²) in [6.07, 6.45) is 0.905. The molecular weight excluding hydrogens is 304 g/mol. The zero-order valence-electron chi connectivity index (χ0n) is 13.0. The highest BCUT2D eigenvalue weighted by Gasteiger charge is 2.23. The Hall–Kier alpha value is -2.46. The van der Waals surface area contributed by atoms with Gasteiger partial charge in [-0.15, -0.1) is 11.3 Å². The normalized spacial score (nSPS) is 11.9. The molecule has 0 atom stereocenters. The first-order chi connectivity index (χ1) is 11.1. The second kappa shape index (κ2) is 5.32. The van der Waals surface area contributed by atoms with Crippen LogP contribution in [-0.2, 0) is 6.42 Å². The van der Waals surface area contributed by atoms with Crippen molar-refractivity contribution in [2.75, 3.05) is 5.32 Å². The summed E-state index contributed by atoms with van der Waals surface area (Å²) in [7, 11) is 0. The fourth-order valence-electron chi connectivity index (χ4n) is 2.96. The Morgan fingerprint density at radius 2 is 2.00 bits per heavy atom. The number of aromatic nitrogens is 1. The molecule has 4 heteroatoms. The average molecular weight is 320 g/mol. The van der Waals surface area contributed by atoms with Crippen LogP contribution >= 0.6 is 11.3 Å². The molecule has 0 aliphatic heterocycles. The number of rotatable bonds is 2. The van der Waals surface area contributed by atoms with Crippen LogP contribution in [0, 0.1) is 13.8 Å². The fraction of sp³-hybridized carbons (Fsp3) is 0.158. The number of aryl methyl sites for hydroxylation is 2. The van der Waals surface area contributed by atoms with Gasteiger partial charge in [0, 0.05) is 22.4 Å². The summed E-state index contributed by atoms with van der Waals surface area (Å²) in [5.74, 6) is -0.0908. The van der Waals surface area contributed by atoms with E-state index in [2.05, 4.69) is 28.5 Å². The predicted molar refractivity (Wildman–Crippen MR) is 94.2 cm³/mol. The van der Waals surface area contributed by atoms with Gasteiger partial charge in [0.1, 0.15) is 0 Å². The van der Waals surface area contributed by atoms with Crippen molar-refractivity contribution in [2.24, 2.45) is 0 Å². The third-order valence-electron chi connectivity index (χ3n) is 4.18. The van der Waals surface area contributed by atoms with Crippen molar-refractivity contribution in [2.45, 2.75) is 20.3 Å². The molecule has 23 heavy (non-hydrogen) atoms. The van der Waals surface area contributed by atoms with Gasteiger partial charge >= 0.3 is 0 Å². The highest BCUT2D eigenvalue weighted by atomic mass is 32.1. The maximum atomic E-state index is 12.5. The highest BCUT2D eigenvalue weighted by molar-refractivity contribution is 7.16. The highest BCUT2D eigenvalue weighted by Crippen LogP contribution is 2.40. The summed E-state index contributed by atoms with van der Waals surface area (Å²) >= 11 is 1.57. The Morgan fingerprint density at radius 3 is 2.87 bits per heavy atom. The molecule has 1 aliphatic rings. The van der Waals surface area contributed by atoms with E-state index in [4.69, 9.17) is 0 Å². The van der Waals surface area contributed by atoms with Gasteiger partial charge in [0.05, 0.1) is 5.69 Å². The van der Waals surface area contributed by atoms with Crippen molar-refractivity contribution in [1.82, 2.24) is 4.98 Å². The number of hydrogen-bond acceptors (Lipinski definition) is 3. The van der Waals surface area contributed by atoms with Crippen LogP contribution in [-0.4, -0.2) is 10.9 Å². The molecular formula is C19H16N2OS. The molecule has 0 unspecified atom stereocenters. The van der Waals surface area contributed by atoms with Crippen LogP contribution in [0.2, 0.25) is 0 Å². The minimum atomic E-state index is -0.0908. The van der Waals surface area contributed by atoms with Crippen LogP contribution in [0.25, 0.3) is 11.3 Å². The van der Waals surface area contributed by atoms with E-state index in [9.17, 15) is 4.79 Å². The summed E-state index contributed by atoms with van der Waals surface area (Å²) in [6, 6.07) is 14.2. The zero-order valence-corrected chi connectivity index (χ0v) is 13.8. The van der Waals surface area contributed by atoms with Gasteiger partial charge in [-0.2, -0.15) is 0 Å². The smallest absolute Gasteiger partial charge is 0.257 e. The van der Waals surface area contributed by atoms with Gasteiger partial charge < -0.3 is 0 Å². The van der Waals surface area contributed by atoms with Crippen molar-refractivity contribution in [3.63, 3.8) is 0 Å². The van der Waals surface area contributed by atoms with Gasteiger partial charge in [0.15, 0.2) is 5.13 Å². The quantitative estimate of drug-likeness (QED) is 0.587. The fourth-order valence-corrected chi connectivity index (χ4v) is 3.95. The van der Waals surface area contributed by atoms with Gasteiger partial charge in [-0.3, -0.25) is 10.1 Å². The van der Waals surface area contributed by atoms with E-state index in [0.29, 0.717) is 10.7 Å². The first-order valence-electron chi connectivity index (χ1n) is 7.58. The maximum Gasteiger partial charge on any atom is 0.257 e. The summed E-state index contributed by atoms with van der Waals surface area (Å²) < 4.78 is 0. The van der Waals surface area contributed by atoms with E-state index in [0.717, 1.165) is 23.2 Å². The van der Waals surface area contributed by atoms with Crippen LogP contribution in [0.1, 0.15) is 31.9 Å². The standard InChI is InChI=1S/C19H16N2OS/c1-11-7-8-12(2)15(9-11)18(22)21-19-20-17-14-6-4-3-5-13(14)10-16(17)23-19/h3-9H,10H2,1-2H3,(H,20,21,22). The van der Waals surface area contributed by atoms with Gasteiger partial charge in [0.25, 0.3) is 5.91 Å². The molecule has 0 radical (unpaired) electrons. The second-order valence-electron chi connectivity index (χ2n) is 5.90. The molecule has 0 bridgehead atoms. The summed E-state index contributed by atoms with van der Waals surface area (Å²) in [5, 5.41) is 3.63. The lowest BCUT2D eigenvalue weighted by molar-refractivity contribution is 0.102. The van der Waals surface area contributed by atoms with Crippen LogP contribution < -0.4 is 5.32 Å². The third kappa shape index (κ3) is 2.45. The predicted octanol–water partition coefficient (Wildman–Crippen LogP) is 4.58. The molecule has 0 saturated carbocycles. The molecule has 114 valence electrons. The van der Waals surface area contributed by atoms with E-state index >= 15 is 0 Å². The minimum Gasteiger partial charge on any atom is -0.298 e. The molecule has 3 aromatic rings. The number of thiazole rings is 1. The van der Waals surface area contributed by atoms with E-state index in [-0.39, 0.29) is 5.91 Å². The topological polar surface area (TPSA) is 42.0 Å². The number of amides is 1. The first kappa shape index (κ1) is 14.2. The summed E-state index contributed by atoms with van der Waals surface area (Å²) in [4.78, 5) is 18.4. The van der Waals surface area contributed by atoms with Crippen molar-refractivity contribution in [1.29, 1.82) is 0 Å². The van der Waals surface area contributed by atoms with E-state index in [1.54, 1.807) is 11.3 Å². The molecule has 1 amide bonds. The average Bonchev–Trinajstić information content (AvgIpc) is 3.06. The van der Waals surface area contributed by atoms with Gasteiger partial charge in [-0.1, -0.05) is 42.0 Å². The van der Waals surface area contributed by atoms with Gasteiger partial charge in [0.2, 0.25) is 0 Å². The molecule has 1 heterocycles. The first-order valence-corrected chi connectivity index (χ1v) is 8.40. The van der Waals surface area contributed by atoms with Crippen LogP contribution in [0.4, 0.5) is 5.13 Å². The number of fused-ring (bicyclic) bond motifs is 3. The summed E-state index contributed by atoms with van der Waals surface area (Å²) in [6.45, 7) is 3.94. The Bertz CT molecular complexity index is 927.